The molecule has 5 heteroatoms. The van der Waals surface area contributed by atoms with E-state index in [0.29, 0.717) is 6.04 Å². The summed E-state index contributed by atoms with van der Waals surface area (Å²) in [4.78, 5) is 10.7. The van der Waals surface area contributed by atoms with Gasteiger partial charge in [-0.05, 0) is 25.0 Å². The third-order valence-corrected chi connectivity index (χ3v) is 5.01. The molecule has 0 amide bonds. The number of methoxy groups -OCH3 is 1. The minimum absolute atomic E-state index is 0.244. The number of nitrogens with zero attached hydrogens (tertiary/aromatic N) is 2. The number of benzene rings is 1. The SMILES string of the molecule is COc1cccc(-c2cnc([C@@H]3COCCN3C3CCC3)[nH]2)c1. The number of rotatable bonds is 4. The van der Waals surface area contributed by atoms with Crippen LogP contribution in [0.15, 0.2) is 30.5 Å². The molecule has 1 atom stereocenters. The van der Waals surface area contributed by atoms with Crippen LogP contribution in [-0.4, -0.2) is 47.8 Å². The van der Waals surface area contributed by atoms with Gasteiger partial charge in [-0.3, -0.25) is 4.90 Å². The van der Waals surface area contributed by atoms with Crippen molar-refractivity contribution in [3.63, 3.8) is 0 Å². The van der Waals surface area contributed by atoms with Crippen LogP contribution in [0, 0.1) is 0 Å². The third kappa shape index (κ3) is 2.86. The molecule has 122 valence electrons. The standard InChI is InChI=1S/C18H23N3O2/c1-22-15-7-2-4-13(10-15)16-11-19-18(20-16)17-12-23-9-8-21(17)14-5-3-6-14/h2,4,7,10-11,14,17H,3,5-6,8-9,12H2,1H3,(H,19,20)/t17-/m0/s1. The average molecular weight is 313 g/mol. The Kier molecular flexibility index (Phi) is 4.06. The number of ether oxygens (including phenoxy) is 2. The summed E-state index contributed by atoms with van der Waals surface area (Å²) in [5, 5.41) is 0. The number of aromatic amines is 1. The van der Waals surface area contributed by atoms with E-state index in [2.05, 4.69) is 20.9 Å². The highest BCUT2D eigenvalue weighted by molar-refractivity contribution is 5.60. The molecule has 0 unspecified atom stereocenters. The zero-order chi connectivity index (χ0) is 15.6. The fraction of sp³-hybridized carbons (Fsp3) is 0.500. The Bertz CT molecular complexity index is 666. The van der Waals surface area contributed by atoms with Crippen LogP contribution in [0.2, 0.25) is 0 Å². The quantitative estimate of drug-likeness (QED) is 0.943. The zero-order valence-corrected chi connectivity index (χ0v) is 13.5. The lowest BCUT2D eigenvalue weighted by molar-refractivity contribution is -0.0494. The first-order valence-electron chi connectivity index (χ1n) is 8.38. The lowest BCUT2D eigenvalue weighted by Gasteiger charge is -2.44. The lowest BCUT2D eigenvalue weighted by Crippen LogP contribution is -2.48. The Balaban J connectivity index is 1.58. The smallest absolute Gasteiger partial charge is 0.126 e. The van der Waals surface area contributed by atoms with Gasteiger partial charge >= 0.3 is 0 Å². The van der Waals surface area contributed by atoms with Crippen LogP contribution in [0.1, 0.15) is 31.1 Å². The van der Waals surface area contributed by atoms with Gasteiger partial charge in [0.2, 0.25) is 0 Å². The summed E-state index contributed by atoms with van der Waals surface area (Å²) >= 11 is 0. The maximum atomic E-state index is 5.72. The molecule has 4 rings (SSSR count). The van der Waals surface area contributed by atoms with Crippen LogP contribution >= 0.6 is 0 Å². The molecule has 2 fully saturated rings. The minimum Gasteiger partial charge on any atom is -0.497 e. The second kappa shape index (κ2) is 6.34. The molecular formula is C18H23N3O2. The van der Waals surface area contributed by atoms with Gasteiger partial charge in [0.25, 0.3) is 0 Å². The van der Waals surface area contributed by atoms with Crippen molar-refractivity contribution in [2.75, 3.05) is 26.9 Å². The number of imidazole rings is 1. The van der Waals surface area contributed by atoms with Gasteiger partial charge in [0.05, 0.1) is 38.3 Å². The molecule has 5 nitrogen and oxygen atoms in total. The van der Waals surface area contributed by atoms with Gasteiger partial charge in [-0.1, -0.05) is 18.6 Å². The van der Waals surface area contributed by atoms with Crippen molar-refractivity contribution in [2.24, 2.45) is 0 Å². The molecule has 1 saturated carbocycles. The number of hydrogen-bond acceptors (Lipinski definition) is 4. The van der Waals surface area contributed by atoms with Crippen LogP contribution in [0.3, 0.4) is 0 Å². The lowest BCUT2D eigenvalue weighted by atomic mass is 9.90. The van der Waals surface area contributed by atoms with Gasteiger partial charge in [-0.25, -0.2) is 4.98 Å². The Labute approximate surface area is 136 Å². The van der Waals surface area contributed by atoms with Crippen LogP contribution in [-0.2, 0) is 4.74 Å². The average Bonchev–Trinajstić information content (AvgIpc) is 3.04. The molecule has 1 aromatic heterocycles. The second-order valence-electron chi connectivity index (χ2n) is 6.33. The van der Waals surface area contributed by atoms with E-state index in [9.17, 15) is 0 Å². The molecule has 1 aromatic carbocycles. The second-order valence-corrected chi connectivity index (χ2v) is 6.33. The molecule has 2 heterocycles. The normalized spacial score (nSPS) is 22.7. The van der Waals surface area contributed by atoms with Crippen LogP contribution in [0.25, 0.3) is 11.3 Å². The number of morpholine rings is 1. The van der Waals surface area contributed by atoms with Crippen molar-refractivity contribution < 1.29 is 9.47 Å². The predicted molar refractivity (Wildman–Crippen MR) is 88.5 cm³/mol. The highest BCUT2D eigenvalue weighted by Gasteiger charge is 2.34. The summed E-state index contributed by atoms with van der Waals surface area (Å²) in [6.07, 6.45) is 5.87. The minimum atomic E-state index is 0.244. The van der Waals surface area contributed by atoms with Crippen molar-refractivity contribution in [3.8, 4) is 17.0 Å². The molecule has 0 spiro atoms. The Morgan fingerprint density at radius 1 is 1.35 bits per heavy atom. The number of aromatic nitrogens is 2. The van der Waals surface area contributed by atoms with Crippen LogP contribution in [0.5, 0.6) is 5.75 Å². The summed E-state index contributed by atoms with van der Waals surface area (Å²) in [5.41, 5.74) is 2.12. The molecule has 2 aromatic rings. The van der Waals surface area contributed by atoms with Gasteiger partial charge < -0.3 is 14.5 Å². The van der Waals surface area contributed by atoms with Crippen molar-refractivity contribution in [3.05, 3.63) is 36.3 Å². The van der Waals surface area contributed by atoms with E-state index in [4.69, 9.17) is 9.47 Å². The molecule has 1 aliphatic heterocycles. The van der Waals surface area contributed by atoms with Gasteiger partial charge in [0.1, 0.15) is 11.6 Å². The fourth-order valence-corrected chi connectivity index (χ4v) is 3.45. The fourth-order valence-electron chi connectivity index (χ4n) is 3.45. The maximum absolute atomic E-state index is 5.72. The topological polar surface area (TPSA) is 50.4 Å². The predicted octanol–water partition coefficient (Wildman–Crippen LogP) is 3.01. The van der Waals surface area contributed by atoms with E-state index in [1.54, 1.807) is 7.11 Å². The summed E-state index contributed by atoms with van der Waals surface area (Å²) in [6.45, 7) is 2.56. The summed E-state index contributed by atoms with van der Waals surface area (Å²) in [6, 6.07) is 8.99. The Hall–Kier alpha value is -1.85. The highest BCUT2D eigenvalue weighted by Crippen LogP contribution is 2.34. The number of H-pyrrole nitrogens is 1. The number of nitrogens with one attached hydrogen (secondary N) is 1. The first kappa shape index (κ1) is 14.7. The number of hydrogen-bond donors (Lipinski definition) is 1. The van der Waals surface area contributed by atoms with E-state index in [0.717, 1.165) is 42.6 Å². The van der Waals surface area contributed by atoms with E-state index < -0.39 is 0 Å². The zero-order valence-electron chi connectivity index (χ0n) is 13.5. The van der Waals surface area contributed by atoms with E-state index >= 15 is 0 Å². The first-order chi connectivity index (χ1) is 11.3. The third-order valence-electron chi connectivity index (χ3n) is 5.01. The summed E-state index contributed by atoms with van der Waals surface area (Å²) < 4.78 is 11.0. The van der Waals surface area contributed by atoms with Crippen molar-refractivity contribution >= 4 is 0 Å². The molecule has 2 aliphatic rings. The first-order valence-corrected chi connectivity index (χ1v) is 8.38. The Morgan fingerprint density at radius 3 is 3.04 bits per heavy atom. The Morgan fingerprint density at radius 2 is 2.26 bits per heavy atom. The van der Waals surface area contributed by atoms with Gasteiger partial charge in [-0.15, -0.1) is 0 Å². The summed E-state index contributed by atoms with van der Waals surface area (Å²) in [7, 11) is 1.69. The van der Waals surface area contributed by atoms with Crippen molar-refractivity contribution in [1.29, 1.82) is 0 Å². The maximum Gasteiger partial charge on any atom is 0.126 e. The van der Waals surface area contributed by atoms with Crippen LogP contribution < -0.4 is 4.74 Å². The largest absolute Gasteiger partial charge is 0.497 e. The molecule has 1 N–H and O–H groups in total. The van der Waals surface area contributed by atoms with Crippen molar-refractivity contribution in [1.82, 2.24) is 14.9 Å². The highest BCUT2D eigenvalue weighted by atomic mass is 16.5. The van der Waals surface area contributed by atoms with E-state index in [-0.39, 0.29) is 6.04 Å². The monoisotopic (exact) mass is 313 g/mol. The molecule has 23 heavy (non-hydrogen) atoms. The van der Waals surface area contributed by atoms with E-state index in [1.807, 2.05) is 24.4 Å². The van der Waals surface area contributed by atoms with Gasteiger partial charge in [-0.2, -0.15) is 0 Å². The van der Waals surface area contributed by atoms with E-state index in [1.165, 1.54) is 19.3 Å². The molecule has 0 radical (unpaired) electrons. The van der Waals surface area contributed by atoms with Gasteiger partial charge in [0.15, 0.2) is 0 Å². The van der Waals surface area contributed by atoms with Crippen molar-refractivity contribution in [2.45, 2.75) is 31.3 Å². The van der Waals surface area contributed by atoms with Gasteiger partial charge in [0, 0.05) is 18.2 Å². The summed E-state index contributed by atoms with van der Waals surface area (Å²) in [5.74, 6) is 1.87. The molecule has 1 saturated heterocycles. The molecule has 0 bridgehead atoms. The molecule has 1 aliphatic carbocycles. The van der Waals surface area contributed by atoms with Crippen LogP contribution in [0.4, 0.5) is 0 Å². The molecular weight excluding hydrogens is 290 g/mol.